The van der Waals surface area contributed by atoms with E-state index < -0.39 is 0 Å². The summed E-state index contributed by atoms with van der Waals surface area (Å²) >= 11 is 3.19. The van der Waals surface area contributed by atoms with Gasteiger partial charge < -0.3 is 5.32 Å². The number of hydrogen-bond acceptors (Lipinski definition) is 5. The van der Waals surface area contributed by atoms with Gasteiger partial charge in [-0.1, -0.05) is 11.8 Å². The Labute approximate surface area is 132 Å². The molecule has 0 unspecified atom stereocenters. The standard InChI is InChI=1S/C15H16N2O2S2/c1-10-9-21-15(16-10)20-8-7-14(19)17-13-5-3-12(4-6-13)11(2)18/h3-6,9H,7-8H2,1-2H3,(H,17,19). The van der Waals surface area contributed by atoms with Crippen molar-refractivity contribution in [1.29, 1.82) is 0 Å². The summed E-state index contributed by atoms with van der Waals surface area (Å²) in [5.74, 6) is 0.680. The lowest BCUT2D eigenvalue weighted by Crippen LogP contribution is -2.12. The SMILES string of the molecule is CC(=O)c1ccc(NC(=O)CCSc2nc(C)cs2)cc1. The van der Waals surface area contributed by atoms with Gasteiger partial charge in [0.25, 0.3) is 0 Å². The average Bonchev–Trinajstić information content (AvgIpc) is 2.85. The lowest BCUT2D eigenvalue weighted by molar-refractivity contribution is -0.115. The maximum Gasteiger partial charge on any atom is 0.225 e. The Bertz CT molecular complexity index is 635. The second kappa shape index (κ2) is 7.38. The van der Waals surface area contributed by atoms with E-state index in [1.807, 2.05) is 12.3 Å². The third-order valence-corrected chi connectivity index (χ3v) is 4.87. The van der Waals surface area contributed by atoms with Crippen LogP contribution in [0.2, 0.25) is 0 Å². The molecule has 0 saturated heterocycles. The van der Waals surface area contributed by atoms with E-state index in [2.05, 4.69) is 10.3 Å². The fourth-order valence-corrected chi connectivity index (χ4v) is 3.50. The summed E-state index contributed by atoms with van der Waals surface area (Å²) in [6, 6.07) is 6.91. The Balaban J connectivity index is 1.77. The Hall–Kier alpha value is -1.66. The molecule has 1 aromatic carbocycles. The zero-order valence-electron chi connectivity index (χ0n) is 11.9. The molecule has 0 aliphatic heterocycles. The van der Waals surface area contributed by atoms with Crippen LogP contribution in [0.1, 0.15) is 29.4 Å². The molecule has 21 heavy (non-hydrogen) atoms. The van der Waals surface area contributed by atoms with E-state index >= 15 is 0 Å². The molecule has 1 aromatic heterocycles. The molecule has 1 amide bonds. The van der Waals surface area contributed by atoms with Crippen LogP contribution >= 0.6 is 23.1 Å². The van der Waals surface area contributed by atoms with Gasteiger partial charge in [0.2, 0.25) is 5.91 Å². The molecule has 2 aromatic rings. The molecule has 0 fully saturated rings. The fraction of sp³-hybridized carbons (Fsp3) is 0.267. The number of nitrogens with one attached hydrogen (secondary N) is 1. The summed E-state index contributed by atoms with van der Waals surface area (Å²) < 4.78 is 0.992. The number of Topliss-reactive ketones (excluding diaryl/α,β-unsaturated/α-hetero) is 1. The van der Waals surface area contributed by atoms with Crippen molar-refractivity contribution in [3.05, 3.63) is 40.9 Å². The van der Waals surface area contributed by atoms with Gasteiger partial charge >= 0.3 is 0 Å². The van der Waals surface area contributed by atoms with Crippen molar-refractivity contribution in [2.45, 2.75) is 24.6 Å². The van der Waals surface area contributed by atoms with Gasteiger partial charge in [-0.2, -0.15) is 0 Å². The normalized spacial score (nSPS) is 10.4. The highest BCUT2D eigenvalue weighted by atomic mass is 32.2. The number of nitrogens with zero attached hydrogens (tertiary/aromatic N) is 1. The Morgan fingerprint density at radius 1 is 1.29 bits per heavy atom. The topological polar surface area (TPSA) is 59.1 Å². The summed E-state index contributed by atoms with van der Waals surface area (Å²) in [6.45, 7) is 3.48. The highest BCUT2D eigenvalue weighted by Gasteiger charge is 2.05. The summed E-state index contributed by atoms with van der Waals surface area (Å²) in [5, 5.41) is 4.82. The molecule has 1 N–H and O–H groups in total. The zero-order chi connectivity index (χ0) is 15.2. The van der Waals surface area contributed by atoms with Crippen LogP contribution < -0.4 is 5.32 Å². The lowest BCUT2D eigenvalue weighted by Gasteiger charge is -2.05. The monoisotopic (exact) mass is 320 g/mol. The van der Waals surface area contributed by atoms with Crippen molar-refractivity contribution in [2.75, 3.05) is 11.1 Å². The fourth-order valence-electron chi connectivity index (χ4n) is 1.64. The van der Waals surface area contributed by atoms with Crippen LogP contribution in [0.4, 0.5) is 5.69 Å². The van der Waals surface area contributed by atoms with E-state index in [0.29, 0.717) is 23.4 Å². The van der Waals surface area contributed by atoms with E-state index in [1.54, 1.807) is 47.4 Å². The summed E-state index contributed by atoms with van der Waals surface area (Å²) in [4.78, 5) is 27.3. The Morgan fingerprint density at radius 2 is 2.00 bits per heavy atom. The lowest BCUT2D eigenvalue weighted by atomic mass is 10.1. The second-order valence-electron chi connectivity index (χ2n) is 4.53. The van der Waals surface area contributed by atoms with Gasteiger partial charge in [0.15, 0.2) is 5.78 Å². The van der Waals surface area contributed by atoms with Crippen LogP contribution in [0.25, 0.3) is 0 Å². The number of rotatable bonds is 6. The van der Waals surface area contributed by atoms with Gasteiger partial charge in [0.1, 0.15) is 4.34 Å². The first-order chi connectivity index (χ1) is 10.0. The second-order valence-corrected chi connectivity index (χ2v) is 6.74. The van der Waals surface area contributed by atoms with Crippen LogP contribution in [-0.2, 0) is 4.79 Å². The van der Waals surface area contributed by atoms with Gasteiger partial charge in [-0.3, -0.25) is 9.59 Å². The number of carbonyl (C=O) groups is 2. The molecular weight excluding hydrogens is 304 g/mol. The van der Waals surface area contributed by atoms with Crippen molar-refractivity contribution in [3.63, 3.8) is 0 Å². The molecule has 6 heteroatoms. The number of hydrogen-bond donors (Lipinski definition) is 1. The van der Waals surface area contributed by atoms with Crippen molar-refractivity contribution < 1.29 is 9.59 Å². The van der Waals surface area contributed by atoms with E-state index in [-0.39, 0.29) is 11.7 Å². The van der Waals surface area contributed by atoms with Crippen molar-refractivity contribution in [2.24, 2.45) is 0 Å². The minimum Gasteiger partial charge on any atom is -0.326 e. The van der Waals surface area contributed by atoms with Gasteiger partial charge in [-0.15, -0.1) is 11.3 Å². The number of carbonyl (C=O) groups excluding carboxylic acids is 2. The van der Waals surface area contributed by atoms with Crippen molar-refractivity contribution in [3.8, 4) is 0 Å². The minimum absolute atomic E-state index is 0.0167. The first kappa shape index (κ1) is 15.7. The predicted molar refractivity (Wildman–Crippen MR) is 87.3 cm³/mol. The zero-order valence-corrected chi connectivity index (χ0v) is 13.5. The number of aromatic nitrogens is 1. The van der Waals surface area contributed by atoms with E-state index in [9.17, 15) is 9.59 Å². The Kier molecular flexibility index (Phi) is 5.52. The summed E-state index contributed by atoms with van der Waals surface area (Å²) in [5.41, 5.74) is 2.36. The van der Waals surface area contributed by atoms with Gasteiger partial charge in [0.05, 0.1) is 0 Å². The van der Waals surface area contributed by atoms with Crippen LogP contribution in [0, 0.1) is 6.92 Å². The van der Waals surface area contributed by atoms with Gasteiger partial charge in [-0.05, 0) is 38.1 Å². The molecule has 110 valence electrons. The molecule has 0 radical (unpaired) electrons. The third-order valence-electron chi connectivity index (χ3n) is 2.73. The van der Waals surface area contributed by atoms with Crippen LogP contribution in [0.15, 0.2) is 34.0 Å². The Morgan fingerprint density at radius 3 is 2.57 bits per heavy atom. The van der Waals surface area contributed by atoms with Crippen LogP contribution in [-0.4, -0.2) is 22.4 Å². The predicted octanol–water partition coefficient (Wildman–Crippen LogP) is 3.78. The number of aryl methyl sites for hydroxylation is 1. The van der Waals surface area contributed by atoms with E-state index in [4.69, 9.17) is 0 Å². The molecule has 0 aliphatic rings. The molecule has 0 saturated carbocycles. The van der Waals surface area contributed by atoms with E-state index in [1.165, 1.54) is 6.92 Å². The molecule has 0 atom stereocenters. The number of thiazole rings is 1. The number of ketones is 1. The highest BCUT2D eigenvalue weighted by Crippen LogP contribution is 2.23. The maximum absolute atomic E-state index is 11.8. The van der Waals surface area contributed by atoms with E-state index in [0.717, 1.165) is 10.0 Å². The molecule has 2 rings (SSSR count). The molecule has 0 bridgehead atoms. The van der Waals surface area contributed by atoms with Gasteiger partial charge in [0, 0.05) is 34.5 Å². The first-order valence-electron chi connectivity index (χ1n) is 6.50. The molecule has 4 nitrogen and oxygen atoms in total. The number of amides is 1. The van der Waals surface area contributed by atoms with Crippen LogP contribution in [0.3, 0.4) is 0 Å². The smallest absolute Gasteiger partial charge is 0.225 e. The summed E-state index contributed by atoms with van der Waals surface area (Å²) in [7, 11) is 0. The third kappa shape index (κ3) is 4.99. The first-order valence-corrected chi connectivity index (χ1v) is 8.37. The minimum atomic E-state index is -0.0358. The molecule has 1 heterocycles. The van der Waals surface area contributed by atoms with Crippen molar-refractivity contribution in [1.82, 2.24) is 4.98 Å². The average molecular weight is 320 g/mol. The number of benzene rings is 1. The highest BCUT2D eigenvalue weighted by molar-refractivity contribution is 8.01. The molecular formula is C15H16N2O2S2. The quantitative estimate of drug-likeness (QED) is 0.650. The number of thioether (sulfide) groups is 1. The largest absolute Gasteiger partial charge is 0.326 e. The maximum atomic E-state index is 11.8. The van der Waals surface area contributed by atoms with Gasteiger partial charge in [-0.25, -0.2) is 4.98 Å². The number of anilines is 1. The van der Waals surface area contributed by atoms with Crippen LogP contribution in [0.5, 0.6) is 0 Å². The molecule has 0 aliphatic carbocycles. The summed E-state index contributed by atoms with van der Waals surface area (Å²) in [6.07, 6.45) is 0.428. The molecule has 0 spiro atoms. The van der Waals surface area contributed by atoms with Crippen molar-refractivity contribution >= 4 is 40.5 Å².